The van der Waals surface area contributed by atoms with Crippen LogP contribution in [0.2, 0.25) is 0 Å². The van der Waals surface area contributed by atoms with Crippen molar-refractivity contribution in [1.82, 2.24) is 20.0 Å². The average Bonchev–Trinajstić information content (AvgIpc) is 3.00. The van der Waals surface area contributed by atoms with Crippen LogP contribution < -0.4 is 4.74 Å². The summed E-state index contributed by atoms with van der Waals surface area (Å²) >= 11 is 0. The van der Waals surface area contributed by atoms with Gasteiger partial charge in [-0.1, -0.05) is 18.2 Å². The van der Waals surface area contributed by atoms with Crippen LogP contribution in [-0.2, 0) is 19.5 Å². The lowest BCUT2D eigenvalue weighted by Crippen LogP contribution is -2.29. The lowest BCUT2D eigenvalue weighted by atomic mass is 10.1. The molecule has 1 N–H and O–H groups in total. The minimum Gasteiger partial charge on any atom is -0.493 e. The molecule has 0 radical (unpaired) electrons. The van der Waals surface area contributed by atoms with Crippen LogP contribution in [0.15, 0.2) is 30.5 Å². The Balaban J connectivity index is 1.58. The second-order valence-corrected chi connectivity index (χ2v) is 6.45. The van der Waals surface area contributed by atoms with E-state index in [4.69, 9.17) is 4.74 Å². The lowest BCUT2D eigenvalue weighted by Gasteiger charge is -2.27. The van der Waals surface area contributed by atoms with E-state index in [0.29, 0.717) is 0 Å². The van der Waals surface area contributed by atoms with Crippen LogP contribution >= 0.6 is 0 Å². The largest absolute Gasteiger partial charge is 0.493 e. The second-order valence-electron chi connectivity index (χ2n) is 6.45. The number of hydrogen-bond donors (Lipinski definition) is 1. The molecule has 2 heterocycles. The number of fused-ring (bicyclic) bond motifs is 1. The number of para-hydroxylation sites is 1. The molecule has 2 aromatic rings. The molecule has 5 nitrogen and oxygen atoms in total. The zero-order valence-electron chi connectivity index (χ0n) is 14.1. The molecular formula is C18H26N4O. The summed E-state index contributed by atoms with van der Waals surface area (Å²) in [6.45, 7) is 4.76. The highest BCUT2D eigenvalue weighted by Crippen LogP contribution is 2.23. The molecule has 5 heteroatoms. The van der Waals surface area contributed by atoms with Gasteiger partial charge in [-0.3, -0.25) is 10.00 Å². The average molecular weight is 314 g/mol. The second kappa shape index (κ2) is 7.62. The van der Waals surface area contributed by atoms with Gasteiger partial charge in [-0.15, -0.1) is 0 Å². The Morgan fingerprint density at radius 1 is 1.30 bits per heavy atom. The zero-order chi connectivity index (χ0) is 16.1. The number of ether oxygens (including phenoxy) is 1. The molecule has 1 aromatic carbocycles. The van der Waals surface area contributed by atoms with Gasteiger partial charge in [0.1, 0.15) is 5.75 Å². The summed E-state index contributed by atoms with van der Waals surface area (Å²) in [5.74, 6) is 1.02. The van der Waals surface area contributed by atoms with E-state index in [1.165, 1.54) is 16.8 Å². The van der Waals surface area contributed by atoms with Crippen molar-refractivity contribution >= 4 is 0 Å². The van der Waals surface area contributed by atoms with E-state index < -0.39 is 0 Å². The number of H-pyrrole nitrogens is 1. The summed E-state index contributed by atoms with van der Waals surface area (Å²) in [5.41, 5.74) is 3.87. The number of aromatic nitrogens is 2. The smallest absolute Gasteiger partial charge is 0.123 e. The first-order chi connectivity index (χ1) is 11.2. The maximum absolute atomic E-state index is 6.01. The number of benzene rings is 1. The Morgan fingerprint density at radius 2 is 2.17 bits per heavy atom. The van der Waals surface area contributed by atoms with Crippen molar-refractivity contribution in [1.29, 1.82) is 0 Å². The van der Waals surface area contributed by atoms with Crippen LogP contribution in [0.1, 0.15) is 23.2 Å². The van der Waals surface area contributed by atoms with Crippen LogP contribution in [0.3, 0.4) is 0 Å². The monoisotopic (exact) mass is 314 g/mol. The molecule has 1 aromatic heterocycles. The van der Waals surface area contributed by atoms with Gasteiger partial charge >= 0.3 is 0 Å². The van der Waals surface area contributed by atoms with Gasteiger partial charge in [0.15, 0.2) is 0 Å². The first kappa shape index (κ1) is 16.0. The maximum atomic E-state index is 6.01. The Labute approximate surface area is 138 Å². The molecule has 0 saturated carbocycles. The summed E-state index contributed by atoms with van der Waals surface area (Å²) in [4.78, 5) is 4.64. The third-order valence-corrected chi connectivity index (χ3v) is 4.25. The van der Waals surface area contributed by atoms with Crippen LogP contribution in [-0.4, -0.2) is 53.8 Å². The number of aromatic amines is 1. The van der Waals surface area contributed by atoms with Crippen molar-refractivity contribution in [2.45, 2.75) is 25.9 Å². The molecule has 1 aliphatic rings. The van der Waals surface area contributed by atoms with Crippen LogP contribution in [0.4, 0.5) is 0 Å². The maximum Gasteiger partial charge on any atom is 0.123 e. The molecule has 1 aliphatic heterocycles. The third kappa shape index (κ3) is 4.33. The highest BCUT2D eigenvalue weighted by atomic mass is 16.5. The zero-order valence-corrected chi connectivity index (χ0v) is 14.1. The Hall–Kier alpha value is -1.85. The molecule has 124 valence electrons. The van der Waals surface area contributed by atoms with Gasteiger partial charge in [0.25, 0.3) is 0 Å². The lowest BCUT2D eigenvalue weighted by molar-refractivity contribution is 0.234. The Morgan fingerprint density at radius 3 is 3.04 bits per heavy atom. The summed E-state index contributed by atoms with van der Waals surface area (Å²) < 4.78 is 6.01. The van der Waals surface area contributed by atoms with Crippen LogP contribution in [0, 0.1) is 0 Å². The van der Waals surface area contributed by atoms with E-state index >= 15 is 0 Å². The minimum absolute atomic E-state index is 0.765. The molecule has 23 heavy (non-hydrogen) atoms. The third-order valence-electron chi connectivity index (χ3n) is 4.25. The number of nitrogens with zero attached hydrogens (tertiary/aromatic N) is 3. The van der Waals surface area contributed by atoms with Crippen molar-refractivity contribution in [3.05, 3.63) is 47.3 Å². The molecule has 0 spiro atoms. The molecule has 3 rings (SSSR count). The van der Waals surface area contributed by atoms with Crippen LogP contribution in [0.5, 0.6) is 5.75 Å². The Kier molecular flexibility index (Phi) is 5.31. The first-order valence-corrected chi connectivity index (χ1v) is 8.31. The predicted molar refractivity (Wildman–Crippen MR) is 91.5 cm³/mol. The summed E-state index contributed by atoms with van der Waals surface area (Å²) in [5, 5.41) is 7.24. The standard InChI is InChI=1S/C18H26N4O/c1-21(2)9-5-11-23-18-7-4-3-6-15(18)13-22-10-8-17-16(14-22)12-19-20-17/h3-4,6-7,12H,5,8-11,13-14H2,1-2H3,(H,19,20). The fourth-order valence-corrected chi connectivity index (χ4v) is 2.99. The van der Waals surface area contributed by atoms with Gasteiger partial charge < -0.3 is 9.64 Å². The number of hydrogen-bond acceptors (Lipinski definition) is 4. The van der Waals surface area contributed by atoms with E-state index in [9.17, 15) is 0 Å². The van der Waals surface area contributed by atoms with Crippen molar-refractivity contribution in [2.75, 3.05) is 33.8 Å². The van der Waals surface area contributed by atoms with Gasteiger partial charge in [-0.2, -0.15) is 5.10 Å². The fraction of sp³-hybridized carbons (Fsp3) is 0.500. The van der Waals surface area contributed by atoms with E-state index in [1.54, 1.807) is 0 Å². The van der Waals surface area contributed by atoms with Crippen LogP contribution in [0.25, 0.3) is 0 Å². The van der Waals surface area contributed by atoms with Crippen molar-refractivity contribution in [3.63, 3.8) is 0 Å². The molecule has 0 fully saturated rings. The SMILES string of the molecule is CN(C)CCCOc1ccccc1CN1CCc2[nH]ncc2C1. The van der Waals surface area contributed by atoms with Gasteiger partial charge in [-0.25, -0.2) is 0 Å². The van der Waals surface area contributed by atoms with Crippen molar-refractivity contribution in [2.24, 2.45) is 0 Å². The molecule has 0 unspecified atom stereocenters. The predicted octanol–water partition coefficient (Wildman–Crippen LogP) is 2.30. The van der Waals surface area contributed by atoms with Gasteiger partial charge in [0.2, 0.25) is 0 Å². The molecule has 0 saturated heterocycles. The summed E-state index contributed by atoms with van der Waals surface area (Å²) in [7, 11) is 4.18. The first-order valence-electron chi connectivity index (χ1n) is 8.31. The summed E-state index contributed by atoms with van der Waals surface area (Å²) in [6, 6.07) is 8.40. The van der Waals surface area contributed by atoms with E-state index in [1.807, 2.05) is 6.20 Å². The highest BCUT2D eigenvalue weighted by molar-refractivity contribution is 5.33. The molecule has 0 aliphatic carbocycles. The fourth-order valence-electron chi connectivity index (χ4n) is 2.99. The van der Waals surface area contributed by atoms with Gasteiger partial charge in [-0.05, 0) is 26.6 Å². The van der Waals surface area contributed by atoms with Crippen molar-refractivity contribution in [3.8, 4) is 5.75 Å². The van der Waals surface area contributed by atoms with E-state index in [0.717, 1.165) is 51.4 Å². The van der Waals surface area contributed by atoms with Crippen molar-refractivity contribution < 1.29 is 4.74 Å². The molecular weight excluding hydrogens is 288 g/mol. The highest BCUT2D eigenvalue weighted by Gasteiger charge is 2.18. The quantitative estimate of drug-likeness (QED) is 0.797. The number of rotatable bonds is 7. The topological polar surface area (TPSA) is 44.4 Å². The van der Waals surface area contributed by atoms with Gasteiger partial charge in [0, 0.05) is 49.4 Å². The van der Waals surface area contributed by atoms with E-state index in [2.05, 4.69) is 58.4 Å². The minimum atomic E-state index is 0.765. The number of nitrogens with one attached hydrogen (secondary N) is 1. The van der Waals surface area contributed by atoms with Gasteiger partial charge in [0.05, 0.1) is 12.8 Å². The Bertz CT molecular complexity index is 623. The normalized spacial score (nSPS) is 14.9. The molecule has 0 bridgehead atoms. The molecule has 0 amide bonds. The van der Waals surface area contributed by atoms with E-state index in [-0.39, 0.29) is 0 Å². The molecule has 0 atom stereocenters. The summed E-state index contributed by atoms with van der Waals surface area (Å²) in [6.07, 6.45) is 4.04.